The normalized spacial score (nSPS) is 15.4. The van der Waals surface area contributed by atoms with Gasteiger partial charge >= 0.3 is 0 Å². The molecule has 9 heteroatoms. The molecule has 1 aliphatic heterocycles. The van der Waals surface area contributed by atoms with Crippen LogP contribution < -0.4 is 16.0 Å². The molecular formula is C21H25N5O2S2. The van der Waals surface area contributed by atoms with Gasteiger partial charge in [-0.15, -0.1) is 11.3 Å². The maximum Gasteiger partial charge on any atom is 0.237 e. The number of aromatic nitrogens is 2. The van der Waals surface area contributed by atoms with Gasteiger partial charge in [-0.3, -0.25) is 4.79 Å². The largest absolute Gasteiger partial charge is 0.383 e. The highest BCUT2D eigenvalue weighted by molar-refractivity contribution is 8.00. The molecule has 30 heavy (non-hydrogen) atoms. The van der Waals surface area contributed by atoms with Crippen LogP contribution in [-0.2, 0) is 9.53 Å². The topological polar surface area (TPSA) is 93.4 Å². The Morgan fingerprint density at radius 3 is 2.63 bits per heavy atom. The molecule has 1 saturated heterocycles. The van der Waals surface area contributed by atoms with Gasteiger partial charge in [0.05, 0.1) is 23.8 Å². The fourth-order valence-electron chi connectivity index (χ4n) is 3.35. The molecule has 0 aliphatic carbocycles. The van der Waals surface area contributed by atoms with Crippen LogP contribution in [-0.4, -0.2) is 47.4 Å². The molecule has 1 aromatic carbocycles. The Morgan fingerprint density at radius 1 is 1.23 bits per heavy atom. The first kappa shape index (κ1) is 20.9. The van der Waals surface area contributed by atoms with Crippen molar-refractivity contribution in [3.05, 3.63) is 34.7 Å². The third-order valence-electron chi connectivity index (χ3n) is 5.20. The number of aryl methyl sites for hydroxylation is 2. The highest BCUT2D eigenvalue weighted by Crippen LogP contribution is 2.34. The van der Waals surface area contributed by atoms with Gasteiger partial charge < -0.3 is 20.7 Å². The predicted molar refractivity (Wildman–Crippen MR) is 125 cm³/mol. The van der Waals surface area contributed by atoms with E-state index in [4.69, 9.17) is 10.5 Å². The Hall–Kier alpha value is -2.36. The smallest absolute Gasteiger partial charge is 0.237 e. The van der Waals surface area contributed by atoms with Crippen molar-refractivity contribution in [2.75, 3.05) is 42.3 Å². The number of anilines is 3. The van der Waals surface area contributed by atoms with Gasteiger partial charge in [0.1, 0.15) is 10.6 Å². The molecule has 1 amide bonds. The average Bonchev–Trinajstić information content (AvgIpc) is 3.03. The predicted octanol–water partition coefficient (Wildman–Crippen LogP) is 3.85. The van der Waals surface area contributed by atoms with Gasteiger partial charge in [0.2, 0.25) is 5.91 Å². The number of nitrogens with one attached hydrogen (secondary N) is 1. The maximum atomic E-state index is 12.7. The lowest BCUT2D eigenvalue weighted by molar-refractivity contribution is -0.115. The number of rotatable bonds is 5. The average molecular weight is 444 g/mol. The van der Waals surface area contributed by atoms with Crippen LogP contribution in [0.25, 0.3) is 10.2 Å². The van der Waals surface area contributed by atoms with Crippen LogP contribution >= 0.6 is 23.1 Å². The second kappa shape index (κ2) is 8.79. The van der Waals surface area contributed by atoms with E-state index in [1.165, 1.54) is 16.6 Å². The highest BCUT2D eigenvalue weighted by atomic mass is 32.2. The number of nitrogens with zero attached hydrogens (tertiary/aromatic N) is 3. The Labute approximate surface area is 184 Å². The minimum Gasteiger partial charge on any atom is -0.383 e. The fourth-order valence-corrected chi connectivity index (χ4v) is 5.22. The summed E-state index contributed by atoms with van der Waals surface area (Å²) in [5.41, 5.74) is 9.18. The Balaban J connectivity index is 1.41. The first-order valence-electron chi connectivity index (χ1n) is 9.86. The minimum atomic E-state index is -0.358. The molecule has 7 nitrogen and oxygen atoms in total. The van der Waals surface area contributed by atoms with E-state index in [2.05, 4.69) is 20.2 Å². The van der Waals surface area contributed by atoms with E-state index in [1.807, 2.05) is 45.0 Å². The summed E-state index contributed by atoms with van der Waals surface area (Å²) in [6, 6.07) is 7.91. The van der Waals surface area contributed by atoms with E-state index >= 15 is 0 Å². The van der Waals surface area contributed by atoms with Crippen LogP contribution in [0.1, 0.15) is 17.4 Å². The lowest BCUT2D eigenvalue weighted by Gasteiger charge is -2.28. The zero-order chi connectivity index (χ0) is 21.3. The summed E-state index contributed by atoms with van der Waals surface area (Å²) in [6.07, 6.45) is 0. The maximum absolute atomic E-state index is 12.7. The molecule has 3 aromatic rings. The van der Waals surface area contributed by atoms with E-state index < -0.39 is 0 Å². The number of nitrogen functional groups attached to an aromatic ring is 1. The summed E-state index contributed by atoms with van der Waals surface area (Å²) < 4.78 is 5.39. The molecule has 0 spiro atoms. The van der Waals surface area contributed by atoms with Crippen LogP contribution in [0.3, 0.4) is 0 Å². The molecule has 0 saturated carbocycles. The lowest BCUT2D eigenvalue weighted by atomic mass is 10.2. The van der Waals surface area contributed by atoms with E-state index in [9.17, 15) is 4.79 Å². The van der Waals surface area contributed by atoms with Crippen LogP contribution in [0.2, 0.25) is 0 Å². The molecule has 1 atom stereocenters. The molecule has 0 radical (unpaired) electrons. The number of hydrogen-bond donors (Lipinski definition) is 2. The number of thiophene rings is 1. The summed E-state index contributed by atoms with van der Waals surface area (Å²) in [6.45, 7) is 9.19. The first-order valence-corrected chi connectivity index (χ1v) is 11.6. The number of thioether (sulfide) groups is 1. The van der Waals surface area contributed by atoms with Gasteiger partial charge in [0, 0.05) is 29.3 Å². The number of carbonyl (C=O) groups excluding carboxylic acids is 1. The highest BCUT2D eigenvalue weighted by Gasteiger charge is 2.19. The SMILES string of the molecule is Cc1sc2nc(S[C@H](C)C(=O)Nc3ccc(N4CCOCC4)cc3)nc(N)c2c1C. The molecule has 0 bridgehead atoms. The van der Waals surface area contributed by atoms with Crippen molar-refractivity contribution >= 4 is 56.4 Å². The monoisotopic (exact) mass is 443 g/mol. The third kappa shape index (κ3) is 4.38. The Bertz CT molecular complexity index is 1060. The first-order chi connectivity index (χ1) is 14.4. The number of fused-ring (bicyclic) bond motifs is 1. The molecular weight excluding hydrogens is 418 g/mol. The summed E-state index contributed by atoms with van der Waals surface area (Å²) in [7, 11) is 0. The number of ether oxygens (including phenoxy) is 1. The summed E-state index contributed by atoms with van der Waals surface area (Å²) in [4.78, 5) is 26.0. The van der Waals surface area contributed by atoms with Crippen molar-refractivity contribution in [3.8, 4) is 0 Å². The summed E-state index contributed by atoms with van der Waals surface area (Å²) in [5, 5.41) is 4.05. The second-order valence-electron chi connectivity index (χ2n) is 7.25. The van der Waals surface area contributed by atoms with Crippen LogP contribution in [0.5, 0.6) is 0 Å². The number of benzene rings is 1. The quantitative estimate of drug-likeness (QED) is 0.457. The van der Waals surface area contributed by atoms with Crippen molar-refractivity contribution in [2.24, 2.45) is 0 Å². The summed E-state index contributed by atoms with van der Waals surface area (Å²) in [5.74, 6) is 0.371. The van der Waals surface area contributed by atoms with E-state index in [0.717, 1.165) is 53.5 Å². The van der Waals surface area contributed by atoms with Gasteiger partial charge in [-0.1, -0.05) is 11.8 Å². The molecule has 0 unspecified atom stereocenters. The molecule has 1 aliphatic rings. The lowest BCUT2D eigenvalue weighted by Crippen LogP contribution is -2.36. The molecule has 2 aromatic heterocycles. The van der Waals surface area contributed by atoms with Gasteiger partial charge in [0.15, 0.2) is 5.16 Å². The zero-order valence-electron chi connectivity index (χ0n) is 17.3. The number of amides is 1. The van der Waals surface area contributed by atoms with Crippen molar-refractivity contribution < 1.29 is 9.53 Å². The molecule has 1 fully saturated rings. The van der Waals surface area contributed by atoms with E-state index in [-0.39, 0.29) is 11.2 Å². The van der Waals surface area contributed by atoms with Crippen LogP contribution in [0.15, 0.2) is 29.4 Å². The summed E-state index contributed by atoms with van der Waals surface area (Å²) >= 11 is 2.91. The van der Waals surface area contributed by atoms with Crippen LogP contribution in [0.4, 0.5) is 17.2 Å². The van der Waals surface area contributed by atoms with E-state index in [0.29, 0.717) is 11.0 Å². The number of morpholine rings is 1. The Kier molecular flexibility index (Phi) is 6.12. The standard InChI is InChI=1S/C21H25N5O2S2/c1-12-13(2)29-20-17(12)18(22)24-21(25-20)30-14(3)19(27)23-15-4-6-16(7-5-15)26-8-10-28-11-9-26/h4-7,14H,8-11H2,1-3H3,(H,23,27)(H2,22,24,25)/t14-/m1/s1. The minimum absolute atomic E-state index is 0.0973. The number of hydrogen-bond acceptors (Lipinski definition) is 8. The van der Waals surface area contributed by atoms with Gasteiger partial charge in [-0.05, 0) is 50.6 Å². The zero-order valence-corrected chi connectivity index (χ0v) is 18.9. The van der Waals surface area contributed by atoms with E-state index in [1.54, 1.807) is 11.3 Å². The molecule has 4 rings (SSSR count). The third-order valence-corrected chi connectivity index (χ3v) is 7.26. The Morgan fingerprint density at radius 2 is 1.93 bits per heavy atom. The van der Waals surface area contributed by atoms with Gasteiger partial charge in [-0.2, -0.15) is 0 Å². The second-order valence-corrected chi connectivity index (χ2v) is 9.76. The number of carbonyl (C=O) groups is 1. The van der Waals surface area contributed by atoms with Gasteiger partial charge in [-0.25, -0.2) is 9.97 Å². The molecule has 3 heterocycles. The van der Waals surface area contributed by atoms with Crippen molar-refractivity contribution in [3.63, 3.8) is 0 Å². The van der Waals surface area contributed by atoms with Crippen molar-refractivity contribution in [1.82, 2.24) is 9.97 Å². The van der Waals surface area contributed by atoms with Gasteiger partial charge in [0.25, 0.3) is 0 Å². The fraction of sp³-hybridized carbons (Fsp3) is 0.381. The van der Waals surface area contributed by atoms with Crippen LogP contribution in [0, 0.1) is 13.8 Å². The molecule has 3 N–H and O–H groups in total. The van der Waals surface area contributed by atoms with Crippen molar-refractivity contribution in [1.29, 1.82) is 0 Å². The molecule has 158 valence electrons. The number of nitrogens with two attached hydrogens (primary N) is 1. The van der Waals surface area contributed by atoms with Crippen molar-refractivity contribution in [2.45, 2.75) is 31.2 Å².